The summed E-state index contributed by atoms with van der Waals surface area (Å²) >= 11 is 1.44. The van der Waals surface area contributed by atoms with E-state index in [9.17, 15) is 4.79 Å². The lowest BCUT2D eigenvalue weighted by atomic mass is 10.3. The zero-order valence-electron chi connectivity index (χ0n) is 9.36. The number of nitrogens with two attached hydrogens (primary N) is 1. The van der Waals surface area contributed by atoms with Gasteiger partial charge in [-0.2, -0.15) is 0 Å². The average molecular weight is 227 g/mol. The molecule has 0 radical (unpaired) electrons. The molecule has 4 nitrogen and oxygen atoms in total. The van der Waals surface area contributed by atoms with E-state index in [-0.39, 0.29) is 11.9 Å². The Hall–Kier alpha value is -0.940. The van der Waals surface area contributed by atoms with E-state index in [1.165, 1.54) is 11.3 Å². The largest absolute Gasteiger partial charge is 0.338 e. The molecule has 15 heavy (non-hydrogen) atoms. The van der Waals surface area contributed by atoms with Crippen molar-refractivity contribution in [2.75, 3.05) is 13.1 Å². The molecule has 1 heterocycles. The first-order chi connectivity index (χ1) is 7.10. The number of hydrogen-bond acceptors (Lipinski definition) is 4. The lowest BCUT2D eigenvalue weighted by molar-refractivity contribution is 0.0767. The van der Waals surface area contributed by atoms with Gasteiger partial charge in [0.05, 0.1) is 6.04 Å². The smallest absolute Gasteiger partial charge is 0.273 e. The SMILES string of the molecule is CCN(CC)C(=O)c1csc(C(C)N)n1. The van der Waals surface area contributed by atoms with Crippen molar-refractivity contribution in [2.45, 2.75) is 26.8 Å². The van der Waals surface area contributed by atoms with Crippen molar-refractivity contribution in [3.63, 3.8) is 0 Å². The number of carbonyl (C=O) groups is 1. The van der Waals surface area contributed by atoms with Crippen LogP contribution in [0.1, 0.15) is 42.3 Å². The van der Waals surface area contributed by atoms with Crippen LogP contribution < -0.4 is 5.73 Å². The maximum Gasteiger partial charge on any atom is 0.273 e. The van der Waals surface area contributed by atoms with Crippen molar-refractivity contribution in [1.29, 1.82) is 0 Å². The quantitative estimate of drug-likeness (QED) is 0.850. The molecule has 0 fully saturated rings. The predicted molar refractivity (Wildman–Crippen MR) is 62.0 cm³/mol. The molecular formula is C10H17N3OS. The minimum atomic E-state index is -0.103. The third-order valence-corrected chi connectivity index (χ3v) is 3.23. The van der Waals surface area contributed by atoms with Gasteiger partial charge in [0.25, 0.3) is 5.91 Å². The van der Waals surface area contributed by atoms with E-state index in [4.69, 9.17) is 5.73 Å². The lowest BCUT2D eigenvalue weighted by Crippen LogP contribution is -2.30. The fraction of sp³-hybridized carbons (Fsp3) is 0.600. The molecule has 0 saturated carbocycles. The summed E-state index contributed by atoms with van der Waals surface area (Å²) in [6, 6.07) is -0.103. The number of carbonyl (C=O) groups excluding carboxylic acids is 1. The number of rotatable bonds is 4. The second-order valence-corrected chi connectivity index (χ2v) is 4.23. The molecule has 1 aromatic heterocycles. The Morgan fingerprint density at radius 3 is 2.60 bits per heavy atom. The van der Waals surface area contributed by atoms with Gasteiger partial charge >= 0.3 is 0 Å². The Balaban J connectivity index is 2.82. The molecule has 0 aromatic carbocycles. The monoisotopic (exact) mass is 227 g/mol. The standard InChI is InChI=1S/C10H17N3OS/c1-4-13(5-2)10(14)8-6-15-9(12-8)7(3)11/h6-7H,4-5,11H2,1-3H3. The normalized spacial score (nSPS) is 12.5. The summed E-state index contributed by atoms with van der Waals surface area (Å²) in [5.41, 5.74) is 6.20. The zero-order chi connectivity index (χ0) is 11.4. The van der Waals surface area contributed by atoms with Crippen LogP contribution in [0.5, 0.6) is 0 Å². The Bertz CT molecular complexity index is 331. The van der Waals surface area contributed by atoms with Gasteiger partial charge in [-0.25, -0.2) is 4.98 Å². The maximum absolute atomic E-state index is 11.9. The summed E-state index contributed by atoms with van der Waals surface area (Å²) < 4.78 is 0. The van der Waals surface area contributed by atoms with Crippen molar-refractivity contribution in [3.8, 4) is 0 Å². The van der Waals surface area contributed by atoms with Gasteiger partial charge in [-0.1, -0.05) is 0 Å². The average Bonchev–Trinajstić information content (AvgIpc) is 2.68. The summed E-state index contributed by atoms with van der Waals surface area (Å²) in [7, 11) is 0. The molecule has 2 N–H and O–H groups in total. The number of hydrogen-bond donors (Lipinski definition) is 1. The molecule has 0 bridgehead atoms. The molecule has 0 aliphatic rings. The van der Waals surface area contributed by atoms with Crippen LogP contribution in [0, 0.1) is 0 Å². The van der Waals surface area contributed by atoms with Gasteiger partial charge in [0.1, 0.15) is 10.7 Å². The van der Waals surface area contributed by atoms with Crippen LogP contribution in [0.25, 0.3) is 0 Å². The van der Waals surface area contributed by atoms with E-state index < -0.39 is 0 Å². The van der Waals surface area contributed by atoms with Gasteiger partial charge in [-0.3, -0.25) is 4.79 Å². The molecule has 0 aliphatic carbocycles. The molecule has 5 heteroatoms. The molecular weight excluding hydrogens is 210 g/mol. The van der Waals surface area contributed by atoms with E-state index in [1.807, 2.05) is 20.8 Å². The molecule has 1 aromatic rings. The Kier molecular flexibility index (Phi) is 4.23. The molecule has 0 aliphatic heterocycles. The first kappa shape index (κ1) is 12.1. The van der Waals surface area contributed by atoms with Gasteiger partial charge in [0.15, 0.2) is 0 Å². The minimum Gasteiger partial charge on any atom is -0.338 e. The van der Waals surface area contributed by atoms with Crippen molar-refractivity contribution in [1.82, 2.24) is 9.88 Å². The van der Waals surface area contributed by atoms with Crippen LogP contribution in [0.4, 0.5) is 0 Å². The highest BCUT2D eigenvalue weighted by Crippen LogP contribution is 2.16. The number of aromatic nitrogens is 1. The zero-order valence-corrected chi connectivity index (χ0v) is 10.2. The number of amides is 1. The first-order valence-electron chi connectivity index (χ1n) is 5.10. The molecule has 1 unspecified atom stereocenters. The van der Waals surface area contributed by atoms with Crippen LogP contribution in [-0.2, 0) is 0 Å². The van der Waals surface area contributed by atoms with Crippen LogP contribution in [0.15, 0.2) is 5.38 Å². The van der Waals surface area contributed by atoms with E-state index in [1.54, 1.807) is 10.3 Å². The molecule has 84 valence electrons. The molecule has 0 saturated heterocycles. The van der Waals surface area contributed by atoms with E-state index in [0.29, 0.717) is 18.8 Å². The summed E-state index contributed by atoms with van der Waals surface area (Å²) in [6.07, 6.45) is 0. The fourth-order valence-electron chi connectivity index (χ4n) is 1.27. The highest BCUT2D eigenvalue weighted by molar-refractivity contribution is 7.09. The third-order valence-electron chi connectivity index (χ3n) is 2.18. The van der Waals surface area contributed by atoms with Crippen molar-refractivity contribution in [3.05, 3.63) is 16.1 Å². The van der Waals surface area contributed by atoms with E-state index >= 15 is 0 Å². The van der Waals surface area contributed by atoms with Crippen LogP contribution in [0.3, 0.4) is 0 Å². The Morgan fingerprint density at radius 1 is 1.60 bits per heavy atom. The summed E-state index contributed by atoms with van der Waals surface area (Å²) in [6.45, 7) is 7.20. The highest BCUT2D eigenvalue weighted by atomic mass is 32.1. The lowest BCUT2D eigenvalue weighted by Gasteiger charge is -2.16. The second kappa shape index (κ2) is 5.23. The second-order valence-electron chi connectivity index (χ2n) is 3.34. The minimum absolute atomic E-state index is 0.0110. The summed E-state index contributed by atoms with van der Waals surface area (Å²) in [5.74, 6) is -0.0110. The molecule has 1 rings (SSSR count). The first-order valence-corrected chi connectivity index (χ1v) is 5.98. The van der Waals surface area contributed by atoms with Gasteiger partial charge in [-0.05, 0) is 20.8 Å². The molecule has 0 spiro atoms. The Morgan fingerprint density at radius 2 is 2.20 bits per heavy atom. The van der Waals surface area contributed by atoms with Crippen LogP contribution >= 0.6 is 11.3 Å². The van der Waals surface area contributed by atoms with E-state index in [2.05, 4.69) is 4.98 Å². The topological polar surface area (TPSA) is 59.2 Å². The molecule has 1 amide bonds. The van der Waals surface area contributed by atoms with Crippen LogP contribution in [-0.4, -0.2) is 28.9 Å². The van der Waals surface area contributed by atoms with Gasteiger partial charge in [-0.15, -0.1) is 11.3 Å². The predicted octanol–water partition coefficient (Wildman–Crippen LogP) is 1.64. The highest BCUT2D eigenvalue weighted by Gasteiger charge is 2.16. The summed E-state index contributed by atoms with van der Waals surface area (Å²) in [5, 5.41) is 2.59. The number of nitrogens with zero attached hydrogens (tertiary/aromatic N) is 2. The van der Waals surface area contributed by atoms with Gasteiger partial charge in [0, 0.05) is 18.5 Å². The fourth-order valence-corrected chi connectivity index (χ4v) is 2.02. The van der Waals surface area contributed by atoms with E-state index in [0.717, 1.165) is 5.01 Å². The van der Waals surface area contributed by atoms with Crippen molar-refractivity contribution >= 4 is 17.2 Å². The summed E-state index contributed by atoms with van der Waals surface area (Å²) in [4.78, 5) is 17.9. The van der Waals surface area contributed by atoms with Crippen molar-refractivity contribution in [2.24, 2.45) is 5.73 Å². The third kappa shape index (κ3) is 2.76. The number of thiazole rings is 1. The molecule has 1 atom stereocenters. The Labute approximate surface area is 94.1 Å². The van der Waals surface area contributed by atoms with Crippen LogP contribution in [0.2, 0.25) is 0 Å². The van der Waals surface area contributed by atoms with Gasteiger partial charge in [0.2, 0.25) is 0 Å². The maximum atomic E-state index is 11.9. The van der Waals surface area contributed by atoms with Gasteiger partial charge < -0.3 is 10.6 Å². The van der Waals surface area contributed by atoms with Crippen molar-refractivity contribution < 1.29 is 4.79 Å².